The molecule has 3 atom stereocenters. The van der Waals surface area contributed by atoms with Crippen LogP contribution in [0.1, 0.15) is 52.9 Å². The first-order valence-electron chi connectivity index (χ1n) is 7.33. The molecule has 0 spiro atoms. The molecule has 2 nitrogen and oxygen atoms in total. The quantitative estimate of drug-likeness (QED) is 0.819. The van der Waals surface area contributed by atoms with Gasteiger partial charge in [-0.3, -0.25) is 0 Å². The van der Waals surface area contributed by atoms with Gasteiger partial charge < -0.3 is 10.6 Å². The van der Waals surface area contributed by atoms with Crippen LogP contribution in [0.2, 0.25) is 0 Å². The Kier molecular flexibility index (Phi) is 3.84. The van der Waals surface area contributed by atoms with Gasteiger partial charge >= 0.3 is 0 Å². The van der Waals surface area contributed by atoms with Gasteiger partial charge in [-0.15, -0.1) is 0 Å². The fourth-order valence-corrected chi connectivity index (χ4v) is 3.32. The molecule has 0 heterocycles. The topological polar surface area (TPSA) is 29.3 Å². The molecule has 0 aromatic carbocycles. The van der Waals surface area contributed by atoms with Crippen LogP contribution in [0.25, 0.3) is 0 Å². The van der Waals surface area contributed by atoms with Crippen LogP contribution >= 0.6 is 0 Å². The summed E-state index contributed by atoms with van der Waals surface area (Å²) in [6.45, 7) is 8.38. The van der Waals surface area contributed by atoms with E-state index in [9.17, 15) is 0 Å². The molecule has 0 aromatic heterocycles. The van der Waals surface area contributed by atoms with Crippen molar-refractivity contribution < 1.29 is 0 Å². The third-order valence-electron chi connectivity index (χ3n) is 4.96. The van der Waals surface area contributed by atoms with E-state index in [0.29, 0.717) is 11.5 Å². The number of hydrogen-bond acceptors (Lipinski definition) is 2. The molecule has 0 aliphatic heterocycles. The summed E-state index contributed by atoms with van der Waals surface area (Å²) in [5.41, 5.74) is 6.78. The molecule has 0 radical (unpaired) electrons. The Morgan fingerprint density at radius 1 is 1.12 bits per heavy atom. The highest BCUT2D eigenvalue weighted by Gasteiger charge is 2.36. The van der Waals surface area contributed by atoms with E-state index >= 15 is 0 Å². The Hall–Kier alpha value is -0.0800. The summed E-state index contributed by atoms with van der Waals surface area (Å²) < 4.78 is 0. The zero-order valence-corrected chi connectivity index (χ0v) is 12.1. The summed E-state index contributed by atoms with van der Waals surface area (Å²) in [5.74, 6) is 1.58. The van der Waals surface area contributed by atoms with Gasteiger partial charge in [-0.2, -0.15) is 0 Å². The minimum absolute atomic E-state index is 0.440. The maximum atomic E-state index is 6.33. The smallest absolute Gasteiger partial charge is 0.00934 e. The molecule has 2 rings (SSSR count). The lowest BCUT2D eigenvalue weighted by Gasteiger charge is -2.42. The number of hydrogen-bond donors (Lipinski definition) is 1. The zero-order valence-electron chi connectivity index (χ0n) is 12.1. The van der Waals surface area contributed by atoms with Gasteiger partial charge in [0, 0.05) is 18.6 Å². The van der Waals surface area contributed by atoms with Crippen molar-refractivity contribution in [3.05, 3.63) is 0 Å². The van der Waals surface area contributed by atoms with E-state index in [1.165, 1.54) is 38.6 Å². The summed E-state index contributed by atoms with van der Waals surface area (Å²) >= 11 is 0. The fraction of sp³-hybridized carbons (Fsp3) is 1.00. The minimum atomic E-state index is 0.440. The van der Waals surface area contributed by atoms with E-state index in [1.54, 1.807) is 0 Å². The Balaban J connectivity index is 1.90. The van der Waals surface area contributed by atoms with Crippen LogP contribution < -0.4 is 5.73 Å². The van der Waals surface area contributed by atoms with Gasteiger partial charge in [-0.1, -0.05) is 20.8 Å². The van der Waals surface area contributed by atoms with Crippen LogP contribution in [0.15, 0.2) is 0 Å². The van der Waals surface area contributed by atoms with Gasteiger partial charge in [-0.25, -0.2) is 0 Å². The predicted molar refractivity (Wildman–Crippen MR) is 73.9 cm³/mol. The van der Waals surface area contributed by atoms with Gasteiger partial charge in [-0.05, 0) is 56.4 Å². The van der Waals surface area contributed by atoms with Crippen molar-refractivity contribution >= 4 is 0 Å². The summed E-state index contributed by atoms with van der Waals surface area (Å²) in [6.07, 6.45) is 6.70. The van der Waals surface area contributed by atoms with Crippen LogP contribution in [0.5, 0.6) is 0 Å². The first-order valence-corrected chi connectivity index (χ1v) is 7.33. The minimum Gasteiger partial charge on any atom is -0.327 e. The molecule has 2 fully saturated rings. The molecule has 2 N–H and O–H groups in total. The number of nitrogens with zero attached hydrogens (tertiary/aromatic N) is 1. The molecule has 2 aliphatic rings. The van der Waals surface area contributed by atoms with E-state index < -0.39 is 0 Å². The van der Waals surface area contributed by atoms with Gasteiger partial charge in [0.25, 0.3) is 0 Å². The summed E-state index contributed by atoms with van der Waals surface area (Å²) in [4.78, 5) is 2.55. The lowest BCUT2D eigenvalue weighted by Crippen LogP contribution is -2.44. The molecule has 0 amide bonds. The molecule has 2 aliphatic carbocycles. The van der Waals surface area contributed by atoms with Crippen molar-refractivity contribution in [1.29, 1.82) is 0 Å². The van der Waals surface area contributed by atoms with Gasteiger partial charge in [0.1, 0.15) is 0 Å². The monoisotopic (exact) mass is 238 g/mol. The highest BCUT2D eigenvalue weighted by molar-refractivity contribution is 4.91. The molecular formula is C15H30N2. The van der Waals surface area contributed by atoms with Crippen molar-refractivity contribution in [2.75, 3.05) is 13.6 Å². The van der Waals surface area contributed by atoms with Gasteiger partial charge in [0.05, 0.1) is 0 Å². The third kappa shape index (κ3) is 3.45. The molecule has 2 heteroatoms. The maximum absolute atomic E-state index is 6.33. The molecule has 0 aromatic rings. The molecule has 17 heavy (non-hydrogen) atoms. The van der Waals surface area contributed by atoms with Crippen LogP contribution in [-0.4, -0.2) is 30.6 Å². The maximum Gasteiger partial charge on any atom is 0.00934 e. The second-order valence-electron chi connectivity index (χ2n) is 7.47. The van der Waals surface area contributed by atoms with Crippen LogP contribution in [0, 0.1) is 17.3 Å². The van der Waals surface area contributed by atoms with Crippen molar-refractivity contribution in [3.8, 4) is 0 Å². The Morgan fingerprint density at radius 3 is 2.29 bits per heavy atom. The summed E-state index contributed by atoms with van der Waals surface area (Å²) in [6, 6.07) is 1.31. The number of nitrogens with two attached hydrogens (primary N) is 1. The lowest BCUT2D eigenvalue weighted by atomic mass is 9.67. The fourth-order valence-electron chi connectivity index (χ4n) is 3.32. The standard InChI is InChI=1S/C15H30N2/c1-15(2,3)12-5-8-14(16)11(9-12)10-17(4)13-6-7-13/h11-14H,5-10,16H2,1-4H3. The highest BCUT2D eigenvalue weighted by Crippen LogP contribution is 2.40. The average Bonchev–Trinajstić information content (AvgIpc) is 3.02. The van der Waals surface area contributed by atoms with E-state index in [4.69, 9.17) is 5.73 Å². The molecule has 0 saturated heterocycles. The predicted octanol–water partition coefficient (Wildman–Crippen LogP) is 2.87. The summed E-state index contributed by atoms with van der Waals surface area (Å²) in [7, 11) is 2.28. The van der Waals surface area contributed by atoms with Crippen molar-refractivity contribution in [3.63, 3.8) is 0 Å². The second-order valence-corrected chi connectivity index (χ2v) is 7.47. The molecule has 3 unspecified atom stereocenters. The van der Waals surface area contributed by atoms with E-state index in [1.807, 2.05) is 0 Å². The largest absolute Gasteiger partial charge is 0.327 e. The number of rotatable bonds is 3. The molecule has 100 valence electrons. The van der Waals surface area contributed by atoms with Crippen LogP contribution in [0.3, 0.4) is 0 Å². The Bertz CT molecular complexity index is 252. The van der Waals surface area contributed by atoms with E-state index in [0.717, 1.165) is 17.9 Å². The van der Waals surface area contributed by atoms with E-state index in [2.05, 4.69) is 32.7 Å². The SMILES string of the molecule is CN(CC1CC(C(C)(C)C)CCC1N)C1CC1. The average molecular weight is 238 g/mol. The Labute approximate surface area is 107 Å². The van der Waals surface area contributed by atoms with Crippen LogP contribution in [0.4, 0.5) is 0 Å². The first kappa shape index (κ1) is 13.4. The normalized spacial score (nSPS) is 35.3. The highest BCUT2D eigenvalue weighted by atomic mass is 15.2. The first-order chi connectivity index (χ1) is 7.88. The molecular weight excluding hydrogens is 208 g/mol. The van der Waals surface area contributed by atoms with Crippen molar-refractivity contribution in [1.82, 2.24) is 4.90 Å². The van der Waals surface area contributed by atoms with E-state index in [-0.39, 0.29) is 0 Å². The lowest BCUT2D eigenvalue weighted by molar-refractivity contribution is 0.104. The van der Waals surface area contributed by atoms with Crippen molar-refractivity contribution in [2.45, 2.75) is 65.0 Å². The second kappa shape index (κ2) is 4.89. The molecule has 2 saturated carbocycles. The zero-order chi connectivity index (χ0) is 12.6. The van der Waals surface area contributed by atoms with Gasteiger partial charge in [0.2, 0.25) is 0 Å². The van der Waals surface area contributed by atoms with Gasteiger partial charge in [0.15, 0.2) is 0 Å². The Morgan fingerprint density at radius 2 is 1.76 bits per heavy atom. The molecule has 0 bridgehead atoms. The van der Waals surface area contributed by atoms with Crippen LogP contribution in [-0.2, 0) is 0 Å². The summed E-state index contributed by atoms with van der Waals surface area (Å²) in [5, 5.41) is 0. The van der Waals surface area contributed by atoms with Crippen molar-refractivity contribution in [2.24, 2.45) is 23.0 Å². The third-order valence-corrected chi connectivity index (χ3v) is 4.96.